The zero-order valence-electron chi connectivity index (χ0n) is 17.8. The molecule has 0 spiro atoms. The number of anilines is 1. The van der Waals surface area contributed by atoms with E-state index < -0.39 is 17.5 Å². The molecular formula is C22H22N6O3S. The van der Waals surface area contributed by atoms with E-state index in [0.717, 1.165) is 11.3 Å². The second kappa shape index (κ2) is 8.46. The Morgan fingerprint density at radius 3 is 2.69 bits per heavy atom. The van der Waals surface area contributed by atoms with Crippen molar-refractivity contribution in [2.45, 2.75) is 31.5 Å². The van der Waals surface area contributed by atoms with Crippen molar-refractivity contribution in [2.24, 2.45) is 0 Å². The van der Waals surface area contributed by atoms with E-state index in [4.69, 9.17) is 0 Å². The van der Waals surface area contributed by atoms with Crippen LogP contribution in [0.1, 0.15) is 23.6 Å². The number of nitrogens with zero attached hydrogens (tertiary/aromatic N) is 3. The van der Waals surface area contributed by atoms with Gasteiger partial charge in [-0.3, -0.25) is 19.5 Å². The van der Waals surface area contributed by atoms with Crippen molar-refractivity contribution in [2.75, 3.05) is 11.1 Å². The standard InChI is InChI=1S/C22H22N6O3S/c1-13-7-8-17(9-14(13)2)28-12-23-27-21(28)32-11-18(29)24-16-6-4-5-15(10-16)22(3)19(30)25-20(31)26-22/h4-10,12H,11H2,1-3H3,(H,24,29)(H2,25,26,30,31). The molecule has 1 saturated heterocycles. The summed E-state index contributed by atoms with van der Waals surface area (Å²) in [6, 6.07) is 12.4. The number of rotatable bonds is 6. The third-order valence-electron chi connectivity index (χ3n) is 5.39. The summed E-state index contributed by atoms with van der Waals surface area (Å²) in [5.41, 5.74) is 3.19. The van der Waals surface area contributed by atoms with Crippen LogP contribution in [-0.4, -0.2) is 38.4 Å². The number of amides is 4. The minimum atomic E-state index is -1.19. The minimum absolute atomic E-state index is 0.127. The van der Waals surface area contributed by atoms with Crippen LogP contribution in [0.3, 0.4) is 0 Å². The maximum Gasteiger partial charge on any atom is 0.322 e. The molecule has 1 unspecified atom stereocenters. The number of hydrogen-bond donors (Lipinski definition) is 3. The number of carbonyl (C=O) groups is 3. The van der Waals surface area contributed by atoms with Crippen LogP contribution in [0, 0.1) is 13.8 Å². The van der Waals surface area contributed by atoms with Crippen molar-refractivity contribution in [3.05, 3.63) is 65.5 Å². The Balaban J connectivity index is 1.43. The molecule has 1 fully saturated rings. The Hall–Kier alpha value is -3.66. The second-order valence-electron chi connectivity index (χ2n) is 7.70. The van der Waals surface area contributed by atoms with Gasteiger partial charge in [-0.05, 0) is 61.7 Å². The lowest BCUT2D eigenvalue weighted by molar-refractivity contribution is -0.123. The van der Waals surface area contributed by atoms with Gasteiger partial charge in [0.05, 0.1) is 5.75 Å². The number of benzene rings is 2. The molecule has 164 valence electrons. The molecule has 0 radical (unpaired) electrons. The lowest BCUT2D eigenvalue weighted by Gasteiger charge is -2.21. The predicted molar refractivity (Wildman–Crippen MR) is 121 cm³/mol. The van der Waals surface area contributed by atoms with Gasteiger partial charge >= 0.3 is 6.03 Å². The summed E-state index contributed by atoms with van der Waals surface area (Å²) < 4.78 is 1.84. The monoisotopic (exact) mass is 450 g/mol. The Kier molecular flexibility index (Phi) is 5.70. The first kappa shape index (κ1) is 21.6. The molecule has 1 atom stereocenters. The highest BCUT2D eigenvalue weighted by molar-refractivity contribution is 7.99. The van der Waals surface area contributed by atoms with E-state index in [9.17, 15) is 14.4 Å². The average molecular weight is 451 g/mol. The molecule has 0 bridgehead atoms. The largest absolute Gasteiger partial charge is 0.325 e. The fourth-order valence-electron chi connectivity index (χ4n) is 3.36. The molecule has 2 heterocycles. The number of thioether (sulfide) groups is 1. The fraction of sp³-hybridized carbons (Fsp3) is 0.227. The number of hydrogen-bond acceptors (Lipinski definition) is 6. The highest BCUT2D eigenvalue weighted by Gasteiger charge is 2.43. The molecule has 1 aliphatic rings. The highest BCUT2D eigenvalue weighted by Crippen LogP contribution is 2.27. The number of urea groups is 1. The first-order valence-corrected chi connectivity index (χ1v) is 10.9. The lowest BCUT2D eigenvalue weighted by atomic mass is 9.92. The molecule has 10 heteroatoms. The molecule has 0 aliphatic carbocycles. The van der Waals surface area contributed by atoms with E-state index in [-0.39, 0.29) is 11.7 Å². The molecular weight excluding hydrogens is 428 g/mol. The molecule has 3 aromatic rings. The highest BCUT2D eigenvalue weighted by atomic mass is 32.2. The van der Waals surface area contributed by atoms with Gasteiger partial charge in [0.2, 0.25) is 5.91 Å². The Labute approximate surface area is 189 Å². The molecule has 2 aromatic carbocycles. The normalized spacial score (nSPS) is 17.7. The Morgan fingerprint density at radius 1 is 1.16 bits per heavy atom. The summed E-state index contributed by atoms with van der Waals surface area (Å²) in [5, 5.41) is 16.4. The summed E-state index contributed by atoms with van der Waals surface area (Å²) in [6.45, 7) is 5.70. The predicted octanol–water partition coefficient (Wildman–Crippen LogP) is 2.67. The van der Waals surface area contributed by atoms with E-state index in [1.807, 2.05) is 36.6 Å². The third-order valence-corrected chi connectivity index (χ3v) is 6.33. The van der Waals surface area contributed by atoms with Gasteiger partial charge in [-0.25, -0.2) is 4.79 Å². The van der Waals surface area contributed by atoms with Crippen molar-refractivity contribution in [1.82, 2.24) is 25.4 Å². The van der Waals surface area contributed by atoms with Crippen LogP contribution < -0.4 is 16.0 Å². The van der Waals surface area contributed by atoms with Crippen molar-refractivity contribution < 1.29 is 14.4 Å². The molecule has 0 saturated carbocycles. The minimum Gasteiger partial charge on any atom is -0.325 e. The summed E-state index contributed by atoms with van der Waals surface area (Å²) in [6.07, 6.45) is 1.62. The topological polar surface area (TPSA) is 118 Å². The fourth-order valence-corrected chi connectivity index (χ4v) is 4.09. The van der Waals surface area contributed by atoms with Crippen LogP contribution in [0.15, 0.2) is 53.9 Å². The van der Waals surface area contributed by atoms with E-state index >= 15 is 0 Å². The number of carbonyl (C=O) groups excluding carboxylic acids is 3. The van der Waals surface area contributed by atoms with Gasteiger partial charge in [0, 0.05) is 11.4 Å². The van der Waals surface area contributed by atoms with Crippen LogP contribution in [-0.2, 0) is 15.1 Å². The smallest absolute Gasteiger partial charge is 0.322 e. The van der Waals surface area contributed by atoms with Gasteiger partial charge in [0.1, 0.15) is 11.9 Å². The van der Waals surface area contributed by atoms with Crippen LogP contribution >= 0.6 is 11.8 Å². The van der Waals surface area contributed by atoms with Gasteiger partial charge in [0.15, 0.2) is 5.16 Å². The van der Waals surface area contributed by atoms with Crippen molar-refractivity contribution >= 4 is 35.3 Å². The molecule has 9 nitrogen and oxygen atoms in total. The van der Waals surface area contributed by atoms with E-state index in [1.165, 1.54) is 17.3 Å². The van der Waals surface area contributed by atoms with Gasteiger partial charge in [-0.2, -0.15) is 0 Å². The number of nitrogens with one attached hydrogen (secondary N) is 3. The number of imide groups is 1. The Bertz CT molecular complexity index is 1220. The van der Waals surface area contributed by atoms with Gasteiger partial charge in [0.25, 0.3) is 5.91 Å². The van der Waals surface area contributed by atoms with Crippen LogP contribution in [0.25, 0.3) is 5.69 Å². The molecule has 4 rings (SSSR count). The second-order valence-corrected chi connectivity index (χ2v) is 8.65. The van der Waals surface area contributed by atoms with Crippen LogP contribution in [0.5, 0.6) is 0 Å². The Morgan fingerprint density at radius 2 is 1.97 bits per heavy atom. The summed E-state index contributed by atoms with van der Waals surface area (Å²) in [5.74, 6) is -0.540. The summed E-state index contributed by atoms with van der Waals surface area (Å²) >= 11 is 1.27. The maximum absolute atomic E-state index is 12.5. The molecule has 1 aliphatic heterocycles. The van der Waals surface area contributed by atoms with Crippen molar-refractivity contribution in [3.8, 4) is 5.69 Å². The third kappa shape index (κ3) is 4.22. The molecule has 32 heavy (non-hydrogen) atoms. The van der Waals surface area contributed by atoms with Gasteiger partial charge < -0.3 is 10.6 Å². The molecule has 1 aromatic heterocycles. The first-order valence-electron chi connectivity index (χ1n) is 9.91. The van der Waals surface area contributed by atoms with Crippen molar-refractivity contribution in [3.63, 3.8) is 0 Å². The number of aryl methyl sites for hydroxylation is 2. The first-order chi connectivity index (χ1) is 15.3. The SMILES string of the molecule is Cc1ccc(-n2cnnc2SCC(=O)Nc2cccc(C3(C)NC(=O)NC3=O)c2)cc1C. The average Bonchev–Trinajstić information content (AvgIpc) is 3.33. The molecule has 3 N–H and O–H groups in total. The zero-order chi connectivity index (χ0) is 22.9. The zero-order valence-corrected chi connectivity index (χ0v) is 18.6. The van der Waals surface area contributed by atoms with E-state index in [2.05, 4.69) is 26.1 Å². The summed E-state index contributed by atoms with van der Waals surface area (Å²) in [7, 11) is 0. The van der Waals surface area contributed by atoms with Gasteiger partial charge in [-0.1, -0.05) is 30.0 Å². The van der Waals surface area contributed by atoms with Crippen molar-refractivity contribution in [1.29, 1.82) is 0 Å². The lowest BCUT2D eigenvalue weighted by Crippen LogP contribution is -2.40. The van der Waals surface area contributed by atoms with E-state index in [1.54, 1.807) is 37.5 Å². The number of aromatic nitrogens is 3. The van der Waals surface area contributed by atoms with Gasteiger partial charge in [-0.15, -0.1) is 10.2 Å². The quantitative estimate of drug-likeness (QED) is 0.393. The van der Waals surface area contributed by atoms with Crippen LogP contribution in [0.2, 0.25) is 0 Å². The van der Waals surface area contributed by atoms with Crippen LogP contribution in [0.4, 0.5) is 10.5 Å². The summed E-state index contributed by atoms with van der Waals surface area (Å²) in [4.78, 5) is 36.2. The molecule has 4 amide bonds. The van der Waals surface area contributed by atoms with E-state index in [0.29, 0.717) is 16.4 Å². The maximum atomic E-state index is 12.5.